The molecule has 3 heterocycles. The molecule has 0 N–H and O–H groups in total. The average Bonchev–Trinajstić information content (AvgIpc) is 2.74. The maximum atomic E-state index is 11.4. The van der Waals surface area contributed by atoms with Gasteiger partial charge >= 0.3 is 0 Å². The van der Waals surface area contributed by atoms with Crippen LogP contribution < -0.4 is 0 Å². The van der Waals surface area contributed by atoms with Crippen LogP contribution in [0.5, 0.6) is 0 Å². The highest BCUT2D eigenvalue weighted by atomic mass is 32.2. The van der Waals surface area contributed by atoms with Crippen molar-refractivity contribution >= 4 is 15.5 Å². The van der Waals surface area contributed by atoms with Gasteiger partial charge in [-0.3, -0.25) is 0 Å². The number of fused-ring (bicyclic) bond motifs is 1. The topological polar surface area (TPSA) is 51.4 Å². The van der Waals surface area contributed by atoms with E-state index in [4.69, 9.17) is 0 Å². The maximum Gasteiger partial charge on any atom is 0.150 e. The highest BCUT2D eigenvalue weighted by Gasteiger charge is 2.26. The molecule has 0 aliphatic carbocycles. The Morgan fingerprint density at radius 3 is 2.72 bits per heavy atom. The summed E-state index contributed by atoms with van der Waals surface area (Å²) in [6, 6.07) is 4.04. The number of hydrogen-bond acceptors (Lipinski definition) is 3. The van der Waals surface area contributed by atoms with Crippen molar-refractivity contribution in [3.05, 3.63) is 35.8 Å². The molecule has 1 saturated heterocycles. The van der Waals surface area contributed by atoms with E-state index in [0.29, 0.717) is 24.3 Å². The molecule has 96 valence electrons. The average molecular weight is 264 g/mol. The lowest BCUT2D eigenvalue weighted by molar-refractivity contribution is 0.545. The number of aromatic nitrogens is 2. The van der Waals surface area contributed by atoms with Crippen molar-refractivity contribution in [2.45, 2.75) is 25.7 Å². The second-order valence-corrected chi connectivity index (χ2v) is 7.32. The highest BCUT2D eigenvalue weighted by molar-refractivity contribution is 7.91. The largest absolute Gasteiger partial charge is 0.307 e. The zero-order valence-electron chi connectivity index (χ0n) is 10.3. The molecule has 5 heteroatoms. The Bertz CT molecular complexity index is 674. The molecule has 3 rings (SSSR count). The minimum atomic E-state index is -2.80. The van der Waals surface area contributed by atoms with Gasteiger partial charge in [0.25, 0.3) is 0 Å². The summed E-state index contributed by atoms with van der Waals surface area (Å²) >= 11 is 0. The van der Waals surface area contributed by atoms with Crippen LogP contribution in [0, 0.1) is 6.92 Å². The maximum absolute atomic E-state index is 11.4. The van der Waals surface area contributed by atoms with Gasteiger partial charge in [0.15, 0.2) is 0 Å². The molecule has 4 nitrogen and oxygen atoms in total. The van der Waals surface area contributed by atoms with Crippen molar-refractivity contribution in [2.75, 3.05) is 11.5 Å². The van der Waals surface area contributed by atoms with Gasteiger partial charge in [0, 0.05) is 18.3 Å². The molecule has 0 unspecified atom stereocenters. The van der Waals surface area contributed by atoms with Crippen LogP contribution in [0.15, 0.2) is 24.5 Å². The molecule has 2 aromatic rings. The lowest BCUT2D eigenvalue weighted by Gasteiger charge is -2.19. The van der Waals surface area contributed by atoms with Gasteiger partial charge < -0.3 is 4.40 Å². The van der Waals surface area contributed by atoms with Crippen LogP contribution in [0.2, 0.25) is 0 Å². The molecule has 0 radical (unpaired) electrons. The first-order valence-electron chi connectivity index (χ1n) is 6.20. The zero-order valence-corrected chi connectivity index (χ0v) is 11.2. The van der Waals surface area contributed by atoms with Crippen LogP contribution >= 0.6 is 0 Å². The van der Waals surface area contributed by atoms with Gasteiger partial charge in [0.2, 0.25) is 0 Å². The van der Waals surface area contributed by atoms with E-state index in [-0.39, 0.29) is 5.92 Å². The number of aryl methyl sites for hydroxylation is 1. The summed E-state index contributed by atoms with van der Waals surface area (Å²) in [5.41, 5.74) is 3.15. The first-order chi connectivity index (χ1) is 8.55. The Morgan fingerprint density at radius 1 is 1.33 bits per heavy atom. The van der Waals surface area contributed by atoms with Crippen molar-refractivity contribution < 1.29 is 8.42 Å². The van der Waals surface area contributed by atoms with E-state index < -0.39 is 9.84 Å². The Kier molecular flexibility index (Phi) is 2.66. The van der Waals surface area contributed by atoms with E-state index in [0.717, 1.165) is 16.9 Å². The van der Waals surface area contributed by atoms with Gasteiger partial charge in [-0.05, 0) is 31.4 Å². The number of imidazole rings is 1. The standard InChI is InChI=1S/C13H16N2O2S/c1-10-3-2-6-15-9-12(14-13(10)15)11-4-7-18(16,17)8-5-11/h2-3,6,9,11H,4-5,7-8H2,1H3. The molecular weight excluding hydrogens is 248 g/mol. The summed E-state index contributed by atoms with van der Waals surface area (Å²) in [6.45, 7) is 2.04. The fourth-order valence-electron chi connectivity index (χ4n) is 2.56. The summed E-state index contributed by atoms with van der Waals surface area (Å²) < 4.78 is 24.9. The van der Waals surface area contributed by atoms with E-state index in [9.17, 15) is 8.42 Å². The van der Waals surface area contributed by atoms with E-state index in [1.807, 2.05) is 35.9 Å². The molecule has 0 saturated carbocycles. The van der Waals surface area contributed by atoms with Gasteiger partial charge in [0.1, 0.15) is 15.5 Å². The number of hydrogen-bond donors (Lipinski definition) is 0. The van der Waals surface area contributed by atoms with E-state index >= 15 is 0 Å². The first-order valence-corrected chi connectivity index (χ1v) is 8.02. The van der Waals surface area contributed by atoms with Gasteiger partial charge in [-0.2, -0.15) is 0 Å². The summed E-state index contributed by atoms with van der Waals surface area (Å²) in [4.78, 5) is 4.65. The lowest BCUT2D eigenvalue weighted by atomic mass is 10.00. The smallest absolute Gasteiger partial charge is 0.150 e. The molecule has 0 bridgehead atoms. The van der Waals surface area contributed by atoms with Gasteiger partial charge in [-0.25, -0.2) is 13.4 Å². The number of sulfone groups is 1. The molecule has 1 aliphatic rings. The second-order valence-electron chi connectivity index (χ2n) is 5.01. The van der Waals surface area contributed by atoms with Crippen LogP contribution in [-0.4, -0.2) is 29.3 Å². The van der Waals surface area contributed by atoms with E-state index in [1.165, 1.54) is 0 Å². The monoisotopic (exact) mass is 264 g/mol. The number of rotatable bonds is 1. The Labute approximate surface area is 107 Å². The van der Waals surface area contributed by atoms with Crippen molar-refractivity contribution in [3.8, 4) is 0 Å². The van der Waals surface area contributed by atoms with Crippen LogP contribution in [0.25, 0.3) is 5.65 Å². The number of pyridine rings is 1. The zero-order chi connectivity index (χ0) is 12.8. The SMILES string of the molecule is Cc1cccn2cc(C3CCS(=O)(=O)CC3)nc12. The third-order valence-electron chi connectivity index (χ3n) is 3.67. The van der Waals surface area contributed by atoms with Crippen molar-refractivity contribution in [2.24, 2.45) is 0 Å². The van der Waals surface area contributed by atoms with Gasteiger partial charge in [0.05, 0.1) is 17.2 Å². The lowest BCUT2D eigenvalue weighted by Crippen LogP contribution is -2.22. The minimum absolute atomic E-state index is 0.285. The third-order valence-corrected chi connectivity index (χ3v) is 5.38. The van der Waals surface area contributed by atoms with Crippen LogP contribution in [-0.2, 0) is 9.84 Å². The molecule has 2 aromatic heterocycles. The molecule has 1 fully saturated rings. The third kappa shape index (κ3) is 2.03. The summed E-state index contributed by atoms with van der Waals surface area (Å²) in [6.07, 6.45) is 5.42. The molecular formula is C13H16N2O2S. The summed E-state index contributed by atoms with van der Waals surface area (Å²) in [5, 5.41) is 0. The predicted octanol–water partition coefficient (Wildman–Crippen LogP) is 1.93. The molecule has 18 heavy (non-hydrogen) atoms. The highest BCUT2D eigenvalue weighted by Crippen LogP contribution is 2.28. The molecule has 0 atom stereocenters. The van der Waals surface area contributed by atoms with E-state index in [1.54, 1.807) is 0 Å². The number of nitrogens with zero attached hydrogens (tertiary/aromatic N) is 2. The first kappa shape index (κ1) is 11.7. The molecule has 0 spiro atoms. The summed E-state index contributed by atoms with van der Waals surface area (Å²) in [5.74, 6) is 0.877. The fourth-order valence-corrected chi connectivity index (χ4v) is 4.05. The van der Waals surface area contributed by atoms with E-state index in [2.05, 4.69) is 4.98 Å². The Balaban J connectivity index is 1.94. The van der Waals surface area contributed by atoms with Crippen molar-refractivity contribution in [1.29, 1.82) is 0 Å². The summed E-state index contributed by atoms with van der Waals surface area (Å²) in [7, 11) is -2.80. The van der Waals surface area contributed by atoms with Crippen LogP contribution in [0.3, 0.4) is 0 Å². The molecule has 1 aliphatic heterocycles. The normalized spacial score (nSPS) is 20.3. The van der Waals surface area contributed by atoms with Gasteiger partial charge in [-0.1, -0.05) is 6.07 Å². The Morgan fingerprint density at radius 2 is 2.06 bits per heavy atom. The van der Waals surface area contributed by atoms with Gasteiger partial charge in [-0.15, -0.1) is 0 Å². The quantitative estimate of drug-likeness (QED) is 0.791. The second kappa shape index (κ2) is 4.09. The van der Waals surface area contributed by atoms with Crippen LogP contribution in [0.1, 0.15) is 30.0 Å². The molecule has 0 amide bonds. The van der Waals surface area contributed by atoms with Crippen molar-refractivity contribution in [3.63, 3.8) is 0 Å². The van der Waals surface area contributed by atoms with Crippen molar-refractivity contribution in [1.82, 2.24) is 9.38 Å². The predicted molar refractivity (Wildman–Crippen MR) is 70.6 cm³/mol. The fraction of sp³-hybridized carbons (Fsp3) is 0.462. The van der Waals surface area contributed by atoms with Crippen LogP contribution in [0.4, 0.5) is 0 Å². The molecule has 0 aromatic carbocycles. The minimum Gasteiger partial charge on any atom is -0.307 e. The Hall–Kier alpha value is -1.36.